The first kappa shape index (κ1) is 7.03. The SMILES string of the molecule is c1cc(Cc2cn[nH]c2)ccn1. The zero-order chi connectivity index (χ0) is 8.23. The van der Waals surface area contributed by atoms with Crippen LogP contribution >= 0.6 is 0 Å². The number of aromatic amines is 1. The number of pyridine rings is 1. The zero-order valence-electron chi connectivity index (χ0n) is 6.57. The largest absolute Gasteiger partial charge is 0.285 e. The predicted molar refractivity (Wildman–Crippen MR) is 45.6 cm³/mol. The van der Waals surface area contributed by atoms with Crippen LogP contribution in [0.3, 0.4) is 0 Å². The Morgan fingerprint density at radius 3 is 2.67 bits per heavy atom. The molecule has 12 heavy (non-hydrogen) atoms. The van der Waals surface area contributed by atoms with Crippen LogP contribution in [-0.4, -0.2) is 15.2 Å². The van der Waals surface area contributed by atoms with Crippen LogP contribution in [0.2, 0.25) is 0 Å². The van der Waals surface area contributed by atoms with Crippen molar-refractivity contribution in [2.24, 2.45) is 0 Å². The Labute approximate surface area is 70.5 Å². The highest BCUT2D eigenvalue weighted by atomic mass is 15.1. The van der Waals surface area contributed by atoms with E-state index in [9.17, 15) is 0 Å². The van der Waals surface area contributed by atoms with Gasteiger partial charge >= 0.3 is 0 Å². The molecule has 60 valence electrons. The van der Waals surface area contributed by atoms with E-state index >= 15 is 0 Å². The first-order chi connectivity index (χ1) is 5.95. The topological polar surface area (TPSA) is 41.6 Å². The van der Waals surface area contributed by atoms with Crippen LogP contribution in [0.5, 0.6) is 0 Å². The van der Waals surface area contributed by atoms with Gasteiger partial charge in [0, 0.05) is 25.0 Å². The van der Waals surface area contributed by atoms with Crippen molar-refractivity contribution in [1.29, 1.82) is 0 Å². The van der Waals surface area contributed by atoms with Crippen molar-refractivity contribution < 1.29 is 0 Å². The number of nitrogens with zero attached hydrogens (tertiary/aromatic N) is 2. The summed E-state index contributed by atoms with van der Waals surface area (Å²) in [7, 11) is 0. The molecule has 0 atom stereocenters. The summed E-state index contributed by atoms with van der Waals surface area (Å²) in [5, 5.41) is 6.66. The van der Waals surface area contributed by atoms with Crippen molar-refractivity contribution >= 4 is 0 Å². The molecule has 0 amide bonds. The molecule has 1 N–H and O–H groups in total. The first-order valence-corrected chi connectivity index (χ1v) is 3.82. The second-order valence-electron chi connectivity index (χ2n) is 2.64. The lowest BCUT2D eigenvalue weighted by atomic mass is 10.1. The number of H-pyrrole nitrogens is 1. The van der Waals surface area contributed by atoms with Crippen molar-refractivity contribution in [3.05, 3.63) is 48.0 Å². The average Bonchev–Trinajstić information content (AvgIpc) is 2.59. The second kappa shape index (κ2) is 3.17. The molecule has 2 rings (SSSR count). The first-order valence-electron chi connectivity index (χ1n) is 3.82. The summed E-state index contributed by atoms with van der Waals surface area (Å²) in [6.07, 6.45) is 8.25. The van der Waals surface area contributed by atoms with E-state index in [1.54, 1.807) is 12.4 Å². The molecule has 0 fully saturated rings. The van der Waals surface area contributed by atoms with Crippen LogP contribution in [0, 0.1) is 0 Å². The summed E-state index contributed by atoms with van der Waals surface area (Å²) in [4.78, 5) is 3.95. The smallest absolute Gasteiger partial charge is 0.0522 e. The third kappa shape index (κ3) is 1.50. The van der Waals surface area contributed by atoms with E-state index in [-0.39, 0.29) is 0 Å². The van der Waals surface area contributed by atoms with Gasteiger partial charge in [-0.1, -0.05) is 0 Å². The summed E-state index contributed by atoms with van der Waals surface area (Å²) in [5.74, 6) is 0. The summed E-state index contributed by atoms with van der Waals surface area (Å²) in [6, 6.07) is 4.01. The molecule has 0 aliphatic heterocycles. The maximum atomic E-state index is 3.95. The van der Waals surface area contributed by atoms with Crippen LogP contribution < -0.4 is 0 Å². The molecule has 0 spiro atoms. The third-order valence-corrected chi connectivity index (χ3v) is 1.71. The molecule has 0 aliphatic rings. The van der Waals surface area contributed by atoms with E-state index in [1.807, 2.05) is 24.5 Å². The van der Waals surface area contributed by atoms with Crippen molar-refractivity contribution in [3.63, 3.8) is 0 Å². The number of hydrogen-bond acceptors (Lipinski definition) is 2. The van der Waals surface area contributed by atoms with Crippen molar-refractivity contribution in [2.45, 2.75) is 6.42 Å². The molecule has 0 saturated heterocycles. The molecule has 2 heterocycles. The molecule has 0 aromatic carbocycles. The van der Waals surface area contributed by atoms with Crippen molar-refractivity contribution in [1.82, 2.24) is 15.2 Å². The number of aromatic nitrogens is 3. The highest BCUT2D eigenvalue weighted by molar-refractivity contribution is 5.19. The maximum absolute atomic E-state index is 3.95. The van der Waals surface area contributed by atoms with Gasteiger partial charge in [0.15, 0.2) is 0 Å². The van der Waals surface area contributed by atoms with Gasteiger partial charge < -0.3 is 0 Å². The lowest BCUT2D eigenvalue weighted by Crippen LogP contribution is -1.84. The highest BCUT2D eigenvalue weighted by Gasteiger charge is 1.94. The Kier molecular flexibility index (Phi) is 1.86. The van der Waals surface area contributed by atoms with E-state index in [4.69, 9.17) is 0 Å². The molecule has 2 aromatic heterocycles. The van der Waals surface area contributed by atoms with Crippen molar-refractivity contribution in [2.75, 3.05) is 0 Å². The molecule has 3 heteroatoms. The fourth-order valence-corrected chi connectivity index (χ4v) is 1.11. The summed E-state index contributed by atoms with van der Waals surface area (Å²) in [6.45, 7) is 0. The molecule has 0 bridgehead atoms. The summed E-state index contributed by atoms with van der Waals surface area (Å²) in [5.41, 5.74) is 2.45. The highest BCUT2D eigenvalue weighted by Crippen LogP contribution is 2.05. The minimum absolute atomic E-state index is 0.916. The minimum atomic E-state index is 0.916. The van der Waals surface area contributed by atoms with Gasteiger partial charge in [0.05, 0.1) is 6.20 Å². The molecule has 3 nitrogen and oxygen atoms in total. The monoisotopic (exact) mass is 159 g/mol. The van der Waals surface area contributed by atoms with Crippen LogP contribution in [-0.2, 0) is 6.42 Å². The molecule has 0 radical (unpaired) electrons. The van der Waals surface area contributed by atoms with Crippen LogP contribution in [0.4, 0.5) is 0 Å². The van der Waals surface area contributed by atoms with E-state index < -0.39 is 0 Å². The molecular formula is C9H9N3. The zero-order valence-corrected chi connectivity index (χ0v) is 6.57. The number of nitrogens with one attached hydrogen (secondary N) is 1. The lowest BCUT2D eigenvalue weighted by molar-refractivity contribution is 1.09. The van der Waals surface area contributed by atoms with Gasteiger partial charge in [-0.3, -0.25) is 10.1 Å². The summed E-state index contributed by atoms with van der Waals surface area (Å²) < 4.78 is 0. The molecule has 0 saturated carbocycles. The minimum Gasteiger partial charge on any atom is -0.285 e. The Morgan fingerprint density at radius 2 is 2.00 bits per heavy atom. The Hall–Kier alpha value is -1.64. The number of hydrogen-bond donors (Lipinski definition) is 1. The average molecular weight is 159 g/mol. The van der Waals surface area contributed by atoms with Crippen LogP contribution in [0.25, 0.3) is 0 Å². The van der Waals surface area contributed by atoms with Gasteiger partial charge in [0.1, 0.15) is 0 Å². The van der Waals surface area contributed by atoms with Gasteiger partial charge in [-0.25, -0.2) is 0 Å². The van der Waals surface area contributed by atoms with Gasteiger partial charge in [-0.15, -0.1) is 0 Å². The van der Waals surface area contributed by atoms with E-state index in [0.717, 1.165) is 6.42 Å². The molecular weight excluding hydrogens is 150 g/mol. The predicted octanol–water partition coefficient (Wildman–Crippen LogP) is 1.40. The Morgan fingerprint density at radius 1 is 1.17 bits per heavy atom. The standard InChI is InChI=1S/C9H9N3/c1-3-10-4-2-8(1)5-9-6-11-12-7-9/h1-4,6-7H,5H2,(H,11,12). The van der Waals surface area contributed by atoms with Crippen molar-refractivity contribution in [3.8, 4) is 0 Å². The quantitative estimate of drug-likeness (QED) is 0.719. The van der Waals surface area contributed by atoms with E-state index in [1.165, 1.54) is 11.1 Å². The third-order valence-electron chi connectivity index (χ3n) is 1.71. The Balaban J connectivity index is 2.15. The van der Waals surface area contributed by atoms with Gasteiger partial charge in [-0.05, 0) is 23.3 Å². The normalized spacial score (nSPS) is 10.0. The lowest BCUT2D eigenvalue weighted by Gasteiger charge is -1.95. The van der Waals surface area contributed by atoms with Gasteiger partial charge in [0.2, 0.25) is 0 Å². The molecule has 0 unspecified atom stereocenters. The fourth-order valence-electron chi connectivity index (χ4n) is 1.11. The maximum Gasteiger partial charge on any atom is 0.0522 e. The molecule has 2 aromatic rings. The van der Waals surface area contributed by atoms with Gasteiger partial charge in [-0.2, -0.15) is 5.10 Å². The van der Waals surface area contributed by atoms with Gasteiger partial charge in [0.25, 0.3) is 0 Å². The number of rotatable bonds is 2. The molecule has 0 aliphatic carbocycles. The summed E-state index contributed by atoms with van der Waals surface area (Å²) >= 11 is 0. The van der Waals surface area contributed by atoms with E-state index in [2.05, 4.69) is 15.2 Å². The van der Waals surface area contributed by atoms with Crippen LogP contribution in [0.1, 0.15) is 11.1 Å². The Bertz CT molecular complexity index is 326. The van der Waals surface area contributed by atoms with E-state index in [0.29, 0.717) is 0 Å². The fraction of sp³-hybridized carbons (Fsp3) is 0.111. The second-order valence-corrected chi connectivity index (χ2v) is 2.64. The van der Waals surface area contributed by atoms with Crippen LogP contribution in [0.15, 0.2) is 36.9 Å².